The first-order valence-electron chi connectivity index (χ1n) is 6.24. The van der Waals surface area contributed by atoms with E-state index in [4.69, 9.17) is 4.74 Å². The maximum absolute atomic E-state index is 11.5. The van der Waals surface area contributed by atoms with Crippen LogP contribution in [0.1, 0.15) is 32.1 Å². The van der Waals surface area contributed by atoms with E-state index in [2.05, 4.69) is 16.0 Å². The fourth-order valence-corrected chi connectivity index (χ4v) is 2.20. The van der Waals surface area contributed by atoms with Gasteiger partial charge in [0.15, 0.2) is 0 Å². The third kappa shape index (κ3) is 3.64. The van der Waals surface area contributed by atoms with Gasteiger partial charge in [-0.1, -0.05) is 0 Å². The highest BCUT2D eigenvalue weighted by molar-refractivity contribution is 5.74. The molecule has 2 heterocycles. The quantitative estimate of drug-likeness (QED) is 0.660. The Hall–Kier alpha value is -0.810. The molecular formula is C11H21N3O2. The molecule has 92 valence electrons. The number of carbonyl (C=O) groups is 1. The van der Waals surface area contributed by atoms with E-state index in [0.29, 0.717) is 12.6 Å². The fraction of sp³-hybridized carbons (Fsp3) is 0.909. The van der Waals surface area contributed by atoms with Gasteiger partial charge in [-0.15, -0.1) is 0 Å². The molecule has 2 unspecified atom stereocenters. The van der Waals surface area contributed by atoms with E-state index in [1.54, 1.807) is 0 Å². The summed E-state index contributed by atoms with van der Waals surface area (Å²) in [6.07, 6.45) is 5.43. The lowest BCUT2D eigenvalue weighted by Crippen LogP contribution is -2.47. The molecule has 2 aliphatic rings. The molecule has 0 radical (unpaired) electrons. The zero-order valence-electron chi connectivity index (χ0n) is 9.63. The number of amides is 2. The minimum Gasteiger partial charge on any atom is -0.358 e. The van der Waals surface area contributed by atoms with Gasteiger partial charge >= 0.3 is 6.03 Å². The van der Waals surface area contributed by atoms with Crippen molar-refractivity contribution in [1.82, 2.24) is 16.0 Å². The molecule has 2 aliphatic heterocycles. The van der Waals surface area contributed by atoms with Gasteiger partial charge in [0.2, 0.25) is 0 Å². The Balaban J connectivity index is 1.59. The molecule has 0 aromatic heterocycles. The molecular weight excluding hydrogens is 206 g/mol. The van der Waals surface area contributed by atoms with Gasteiger partial charge in [0.1, 0.15) is 6.23 Å². The van der Waals surface area contributed by atoms with Gasteiger partial charge in [0, 0.05) is 19.2 Å². The van der Waals surface area contributed by atoms with E-state index in [1.807, 2.05) is 0 Å². The van der Waals surface area contributed by atoms with Crippen molar-refractivity contribution in [3.05, 3.63) is 0 Å². The molecule has 0 aromatic rings. The number of urea groups is 1. The minimum atomic E-state index is -0.111. The summed E-state index contributed by atoms with van der Waals surface area (Å²) in [5, 5.41) is 9.06. The highest BCUT2D eigenvalue weighted by Crippen LogP contribution is 2.09. The van der Waals surface area contributed by atoms with Crippen molar-refractivity contribution in [3.63, 3.8) is 0 Å². The number of ether oxygens (including phenoxy) is 1. The summed E-state index contributed by atoms with van der Waals surface area (Å²) in [5.74, 6) is 0. The predicted octanol–water partition coefficient (Wildman–Crippen LogP) is 0.564. The molecule has 5 nitrogen and oxygen atoms in total. The normalized spacial score (nSPS) is 30.0. The largest absolute Gasteiger partial charge is 0.358 e. The summed E-state index contributed by atoms with van der Waals surface area (Å²) < 4.78 is 5.43. The summed E-state index contributed by atoms with van der Waals surface area (Å²) in [5.41, 5.74) is 0. The van der Waals surface area contributed by atoms with Crippen LogP contribution in [0.25, 0.3) is 0 Å². The van der Waals surface area contributed by atoms with Gasteiger partial charge in [0.05, 0.1) is 0 Å². The Morgan fingerprint density at radius 2 is 2.25 bits per heavy atom. The first-order valence-corrected chi connectivity index (χ1v) is 6.24. The summed E-state index contributed by atoms with van der Waals surface area (Å²) in [6.45, 7) is 2.54. The Morgan fingerprint density at radius 3 is 2.94 bits per heavy atom. The van der Waals surface area contributed by atoms with E-state index < -0.39 is 0 Å². The van der Waals surface area contributed by atoms with Gasteiger partial charge in [-0.3, -0.25) is 0 Å². The summed E-state index contributed by atoms with van der Waals surface area (Å²) >= 11 is 0. The molecule has 0 saturated carbocycles. The minimum absolute atomic E-state index is 0.0923. The van der Waals surface area contributed by atoms with Crippen molar-refractivity contribution in [1.29, 1.82) is 0 Å². The standard InChI is InChI=1S/C11H21N3O2/c15-11(13-8-9-4-3-6-12-9)14-10-5-1-2-7-16-10/h9-10,12H,1-8H2,(H2,13,14,15). The Bertz CT molecular complexity index is 223. The Morgan fingerprint density at radius 1 is 1.31 bits per heavy atom. The Kier molecular flexibility index (Phi) is 4.42. The predicted molar refractivity (Wildman–Crippen MR) is 61.2 cm³/mol. The zero-order chi connectivity index (χ0) is 11.2. The average Bonchev–Trinajstić information content (AvgIpc) is 2.81. The highest BCUT2D eigenvalue weighted by Gasteiger charge is 2.18. The molecule has 5 heteroatoms. The van der Waals surface area contributed by atoms with Crippen molar-refractivity contribution in [2.24, 2.45) is 0 Å². The monoisotopic (exact) mass is 227 g/mol. The van der Waals surface area contributed by atoms with E-state index in [9.17, 15) is 4.79 Å². The number of hydrogen-bond donors (Lipinski definition) is 3. The molecule has 3 N–H and O–H groups in total. The second-order valence-corrected chi connectivity index (χ2v) is 4.50. The van der Waals surface area contributed by atoms with Gasteiger partial charge in [-0.2, -0.15) is 0 Å². The smallest absolute Gasteiger partial charge is 0.316 e. The maximum Gasteiger partial charge on any atom is 0.316 e. The first kappa shape index (κ1) is 11.7. The van der Waals surface area contributed by atoms with E-state index in [0.717, 1.165) is 38.8 Å². The van der Waals surface area contributed by atoms with Crippen LogP contribution in [0.2, 0.25) is 0 Å². The van der Waals surface area contributed by atoms with Crippen LogP contribution in [-0.2, 0) is 4.74 Å². The number of rotatable bonds is 3. The molecule has 2 amide bonds. The Labute approximate surface area is 96.3 Å². The molecule has 2 fully saturated rings. The number of carbonyl (C=O) groups excluding carboxylic acids is 1. The van der Waals surface area contributed by atoms with Crippen molar-refractivity contribution in [2.75, 3.05) is 19.7 Å². The molecule has 0 bridgehead atoms. The lowest BCUT2D eigenvalue weighted by Gasteiger charge is -2.24. The lowest BCUT2D eigenvalue weighted by atomic mass is 10.2. The van der Waals surface area contributed by atoms with Gasteiger partial charge in [-0.05, 0) is 38.6 Å². The van der Waals surface area contributed by atoms with Crippen LogP contribution >= 0.6 is 0 Å². The van der Waals surface area contributed by atoms with Gasteiger partial charge < -0.3 is 20.7 Å². The molecule has 2 atom stereocenters. The van der Waals surface area contributed by atoms with Gasteiger partial charge in [0.25, 0.3) is 0 Å². The molecule has 16 heavy (non-hydrogen) atoms. The van der Waals surface area contributed by atoms with E-state index >= 15 is 0 Å². The van der Waals surface area contributed by atoms with Crippen LogP contribution in [0.15, 0.2) is 0 Å². The highest BCUT2D eigenvalue weighted by atomic mass is 16.5. The van der Waals surface area contributed by atoms with Crippen molar-refractivity contribution in [2.45, 2.75) is 44.4 Å². The topological polar surface area (TPSA) is 62.4 Å². The maximum atomic E-state index is 11.5. The van der Waals surface area contributed by atoms with Crippen molar-refractivity contribution in [3.8, 4) is 0 Å². The van der Waals surface area contributed by atoms with Crippen LogP contribution in [0.5, 0.6) is 0 Å². The molecule has 2 rings (SSSR count). The summed E-state index contributed by atoms with van der Waals surface area (Å²) in [6, 6.07) is 0.332. The second-order valence-electron chi connectivity index (χ2n) is 4.50. The molecule has 0 spiro atoms. The molecule has 0 aliphatic carbocycles. The van der Waals surface area contributed by atoms with Crippen molar-refractivity contribution < 1.29 is 9.53 Å². The number of nitrogens with one attached hydrogen (secondary N) is 3. The SMILES string of the molecule is O=C(NCC1CCCN1)NC1CCCCO1. The first-order chi connectivity index (χ1) is 7.84. The summed E-state index contributed by atoms with van der Waals surface area (Å²) in [4.78, 5) is 11.5. The zero-order valence-corrected chi connectivity index (χ0v) is 9.63. The molecule has 2 saturated heterocycles. The molecule has 0 aromatic carbocycles. The van der Waals surface area contributed by atoms with Gasteiger partial charge in [-0.25, -0.2) is 4.79 Å². The van der Waals surface area contributed by atoms with E-state index in [1.165, 1.54) is 6.42 Å². The van der Waals surface area contributed by atoms with Crippen molar-refractivity contribution >= 4 is 6.03 Å². The second kappa shape index (κ2) is 6.06. The lowest BCUT2D eigenvalue weighted by molar-refractivity contribution is 0.00233. The van der Waals surface area contributed by atoms with Crippen LogP contribution in [0.3, 0.4) is 0 Å². The fourth-order valence-electron chi connectivity index (χ4n) is 2.20. The average molecular weight is 227 g/mol. The van der Waals surface area contributed by atoms with Crippen LogP contribution in [0.4, 0.5) is 4.79 Å². The van der Waals surface area contributed by atoms with Crippen LogP contribution in [0, 0.1) is 0 Å². The number of hydrogen-bond acceptors (Lipinski definition) is 3. The van der Waals surface area contributed by atoms with E-state index in [-0.39, 0.29) is 12.3 Å². The third-order valence-corrected chi connectivity index (χ3v) is 3.14. The van der Waals surface area contributed by atoms with Crippen LogP contribution < -0.4 is 16.0 Å². The third-order valence-electron chi connectivity index (χ3n) is 3.14. The summed E-state index contributed by atoms with van der Waals surface area (Å²) in [7, 11) is 0. The van der Waals surface area contributed by atoms with Crippen LogP contribution in [-0.4, -0.2) is 38.0 Å².